The number of hydrogen-bond acceptors (Lipinski definition) is 5. The number of alkyl carbamates (subject to hydrolysis) is 1. The molecule has 21 heavy (non-hydrogen) atoms. The van der Waals surface area contributed by atoms with Crippen LogP contribution in [0.4, 0.5) is 10.5 Å². The highest BCUT2D eigenvalue weighted by molar-refractivity contribution is 6.32. The minimum atomic E-state index is -0.644. The third-order valence-corrected chi connectivity index (χ3v) is 2.82. The standard InChI is InChI=1S/C13H18ClN3O4/c1-13(2,3)21-12(18)16-10(7-15)8-4-5-9(14)11(6-8)17(19)20/h4-6,10H,7,15H2,1-3H3,(H,16,18). The molecular weight excluding hydrogens is 298 g/mol. The molecule has 1 unspecified atom stereocenters. The van der Waals surface area contributed by atoms with Crippen molar-refractivity contribution >= 4 is 23.4 Å². The molecule has 0 spiro atoms. The second-order valence-corrected chi connectivity index (χ2v) is 5.81. The van der Waals surface area contributed by atoms with Crippen molar-refractivity contribution < 1.29 is 14.5 Å². The summed E-state index contributed by atoms with van der Waals surface area (Å²) in [6.45, 7) is 5.27. The summed E-state index contributed by atoms with van der Waals surface area (Å²) in [6, 6.07) is 3.66. The maximum absolute atomic E-state index is 11.7. The van der Waals surface area contributed by atoms with Crippen molar-refractivity contribution in [2.75, 3.05) is 6.54 Å². The molecule has 1 rings (SSSR count). The number of nitrogens with zero attached hydrogens (tertiary/aromatic N) is 1. The largest absolute Gasteiger partial charge is 0.444 e. The number of benzene rings is 1. The van der Waals surface area contributed by atoms with Gasteiger partial charge in [0.1, 0.15) is 10.6 Å². The van der Waals surface area contributed by atoms with Gasteiger partial charge in [0.05, 0.1) is 11.0 Å². The van der Waals surface area contributed by atoms with Gasteiger partial charge in [0.15, 0.2) is 0 Å². The van der Waals surface area contributed by atoms with E-state index in [9.17, 15) is 14.9 Å². The Kier molecular flexibility index (Phi) is 5.51. The number of nitro benzene ring substituents is 1. The van der Waals surface area contributed by atoms with Crippen molar-refractivity contribution in [2.45, 2.75) is 32.4 Å². The first-order valence-electron chi connectivity index (χ1n) is 6.27. The third kappa shape index (κ3) is 5.20. The first-order chi connectivity index (χ1) is 9.64. The third-order valence-electron chi connectivity index (χ3n) is 2.50. The van der Waals surface area contributed by atoms with Gasteiger partial charge in [0.2, 0.25) is 0 Å². The van der Waals surface area contributed by atoms with Crippen molar-refractivity contribution in [1.29, 1.82) is 0 Å². The highest BCUT2D eigenvalue weighted by atomic mass is 35.5. The Labute approximate surface area is 127 Å². The van der Waals surface area contributed by atoms with Crippen LogP contribution in [0.25, 0.3) is 0 Å². The Balaban J connectivity index is 2.93. The SMILES string of the molecule is CC(C)(C)OC(=O)NC(CN)c1ccc(Cl)c([N+](=O)[O-])c1. The van der Waals surface area contributed by atoms with E-state index in [0.717, 1.165) is 0 Å². The lowest BCUT2D eigenvalue weighted by atomic mass is 10.1. The molecule has 0 fully saturated rings. The lowest BCUT2D eigenvalue weighted by Gasteiger charge is -2.23. The first kappa shape index (κ1) is 17.2. The van der Waals surface area contributed by atoms with Gasteiger partial charge in [-0.1, -0.05) is 17.7 Å². The number of amides is 1. The van der Waals surface area contributed by atoms with Crippen LogP contribution < -0.4 is 11.1 Å². The van der Waals surface area contributed by atoms with Crippen LogP contribution in [0, 0.1) is 10.1 Å². The van der Waals surface area contributed by atoms with Crippen molar-refractivity contribution in [1.82, 2.24) is 5.32 Å². The topological polar surface area (TPSA) is 107 Å². The van der Waals surface area contributed by atoms with Gasteiger partial charge in [0, 0.05) is 12.6 Å². The second kappa shape index (κ2) is 6.73. The van der Waals surface area contributed by atoms with E-state index in [4.69, 9.17) is 22.1 Å². The molecule has 0 bridgehead atoms. The molecule has 0 saturated carbocycles. The van der Waals surface area contributed by atoms with Gasteiger partial charge in [-0.3, -0.25) is 10.1 Å². The molecule has 7 nitrogen and oxygen atoms in total. The van der Waals surface area contributed by atoms with E-state index >= 15 is 0 Å². The van der Waals surface area contributed by atoms with Gasteiger partial charge < -0.3 is 15.8 Å². The van der Waals surface area contributed by atoms with E-state index in [2.05, 4.69) is 5.32 Å². The fourth-order valence-electron chi connectivity index (χ4n) is 1.61. The van der Waals surface area contributed by atoms with Crippen LogP contribution in [0.5, 0.6) is 0 Å². The maximum Gasteiger partial charge on any atom is 0.408 e. The Morgan fingerprint density at radius 3 is 2.62 bits per heavy atom. The van der Waals surface area contributed by atoms with Gasteiger partial charge in [-0.25, -0.2) is 4.79 Å². The van der Waals surface area contributed by atoms with Crippen LogP contribution in [0.15, 0.2) is 18.2 Å². The lowest BCUT2D eigenvalue weighted by Crippen LogP contribution is -2.37. The molecule has 1 aromatic carbocycles. The lowest BCUT2D eigenvalue weighted by molar-refractivity contribution is -0.384. The summed E-state index contributed by atoms with van der Waals surface area (Å²) in [5, 5.41) is 13.5. The molecule has 8 heteroatoms. The van der Waals surface area contributed by atoms with Crippen molar-refractivity contribution in [2.24, 2.45) is 5.73 Å². The predicted octanol–water partition coefficient (Wildman–Crippen LogP) is 2.77. The maximum atomic E-state index is 11.7. The summed E-state index contributed by atoms with van der Waals surface area (Å²) < 4.78 is 5.13. The van der Waals surface area contributed by atoms with Gasteiger partial charge in [-0.2, -0.15) is 0 Å². The highest BCUT2D eigenvalue weighted by Crippen LogP contribution is 2.27. The molecule has 0 aliphatic heterocycles. The van der Waals surface area contributed by atoms with E-state index in [1.54, 1.807) is 26.8 Å². The molecule has 1 amide bonds. The number of nitrogens with two attached hydrogens (primary N) is 1. The van der Waals surface area contributed by atoms with Crippen LogP contribution in [-0.4, -0.2) is 23.2 Å². The average molecular weight is 316 g/mol. The van der Waals surface area contributed by atoms with Gasteiger partial charge in [-0.05, 0) is 32.4 Å². The van der Waals surface area contributed by atoms with Crippen molar-refractivity contribution in [3.63, 3.8) is 0 Å². The molecule has 3 N–H and O–H groups in total. The molecule has 1 atom stereocenters. The molecule has 0 heterocycles. The van der Waals surface area contributed by atoms with Crippen LogP contribution >= 0.6 is 11.6 Å². The van der Waals surface area contributed by atoms with Crippen LogP contribution in [0.2, 0.25) is 5.02 Å². The minimum absolute atomic E-state index is 0.0248. The summed E-state index contributed by atoms with van der Waals surface area (Å²) in [5.41, 5.74) is 5.21. The van der Waals surface area contributed by atoms with Crippen LogP contribution in [0.1, 0.15) is 32.4 Å². The number of nitro groups is 1. The summed E-state index contributed by atoms with van der Waals surface area (Å²) in [5.74, 6) is 0. The Hall–Kier alpha value is -1.86. The summed E-state index contributed by atoms with van der Waals surface area (Å²) in [7, 11) is 0. The Morgan fingerprint density at radius 1 is 1.52 bits per heavy atom. The molecule has 116 valence electrons. The van der Waals surface area contributed by atoms with Crippen LogP contribution in [-0.2, 0) is 4.74 Å². The zero-order chi connectivity index (χ0) is 16.2. The molecule has 0 aliphatic carbocycles. The van der Waals surface area contributed by atoms with Crippen molar-refractivity contribution in [3.8, 4) is 0 Å². The predicted molar refractivity (Wildman–Crippen MR) is 79.3 cm³/mol. The number of ether oxygens (including phenoxy) is 1. The van der Waals surface area contributed by atoms with E-state index in [0.29, 0.717) is 5.56 Å². The van der Waals surface area contributed by atoms with Crippen molar-refractivity contribution in [3.05, 3.63) is 38.9 Å². The van der Waals surface area contributed by atoms with E-state index in [1.165, 1.54) is 12.1 Å². The Morgan fingerprint density at radius 2 is 2.14 bits per heavy atom. The summed E-state index contributed by atoms with van der Waals surface area (Å²) in [6.07, 6.45) is -0.643. The number of rotatable bonds is 4. The average Bonchev–Trinajstić information content (AvgIpc) is 2.34. The van der Waals surface area contributed by atoms with Gasteiger partial charge in [-0.15, -0.1) is 0 Å². The number of carbonyl (C=O) groups is 1. The summed E-state index contributed by atoms with van der Waals surface area (Å²) in [4.78, 5) is 22.0. The normalized spacial score (nSPS) is 12.6. The molecule has 0 aliphatic rings. The molecule has 0 radical (unpaired) electrons. The van der Waals surface area contributed by atoms with E-state index < -0.39 is 22.7 Å². The van der Waals surface area contributed by atoms with E-state index in [1.807, 2.05) is 0 Å². The fourth-order valence-corrected chi connectivity index (χ4v) is 1.80. The number of halogens is 1. The van der Waals surface area contributed by atoms with Gasteiger partial charge in [0.25, 0.3) is 5.69 Å². The minimum Gasteiger partial charge on any atom is -0.444 e. The first-order valence-corrected chi connectivity index (χ1v) is 6.65. The second-order valence-electron chi connectivity index (χ2n) is 5.40. The number of carbonyl (C=O) groups excluding carboxylic acids is 1. The quantitative estimate of drug-likeness (QED) is 0.656. The molecule has 0 aromatic heterocycles. The smallest absolute Gasteiger partial charge is 0.408 e. The molecule has 0 saturated heterocycles. The van der Waals surface area contributed by atoms with Gasteiger partial charge >= 0.3 is 6.09 Å². The monoisotopic (exact) mass is 315 g/mol. The summed E-state index contributed by atoms with van der Waals surface area (Å²) >= 11 is 5.75. The fraction of sp³-hybridized carbons (Fsp3) is 0.462. The molecular formula is C13H18ClN3O4. The zero-order valence-electron chi connectivity index (χ0n) is 12.1. The van der Waals surface area contributed by atoms with Crippen LogP contribution in [0.3, 0.4) is 0 Å². The highest BCUT2D eigenvalue weighted by Gasteiger charge is 2.22. The number of hydrogen-bond donors (Lipinski definition) is 2. The van der Waals surface area contributed by atoms with E-state index in [-0.39, 0.29) is 17.3 Å². The number of nitrogens with one attached hydrogen (secondary N) is 1. The Bertz CT molecular complexity index is 543. The molecule has 1 aromatic rings. The zero-order valence-corrected chi connectivity index (χ0v) is 12.8.